The third-order valence-electron chi connectivity index (χ3n) is 3.66. The average molecular weight is 344 g/mol. The van der Waals surface area contributed by atoms with E-state index in [0.717, 1.165) is 17.0 Å². The van der Waals surface area contributed by atoms with Gasteiger partial charge in [-0.3, -0.25) is 4.79 Å². The molecule has 0 aliphatic rings. The van der Waals surface area contributed by atoms with Crippen LogP contribution in [0.3, 0.4) is 0 Å². The first-order valence-corrected chi connectivity index (χ1v) is 7.29. The van der Waals surface area contributed by atoms with Crippen LogP contribution in [0.1, 0.15) is 17.3 Å². The first kappa shape index (κ1) is 17.5. The van der Waals surface area contributed by atoms with Gasteiger partial charge in [-0.15, -0.1) is 12.4 Å². The summed E-state index contributed by atoms with van der Waals surface area (Å²) in [6.07, 6.45) is 1.59. The van der Waals surface area contributed by atoms with Gasteiger partial charge in [0, 0.05) is 12.7 Å². The Balaban J connectivity index is 0.00000208. The number of primary amides is 1. The van der Waals surface area contributed by atoms with Gasteiger partial charge in [-0.2, -0.15) is 0 Å². The summed E-state index contributed by atoms with van der Waals surface area (Å²) in [4.78, 5) is 20.1. The fraction of sp³-hybridized carbons (Fsp3) is 0.118. The number of hydrogen-bond donors (Lipinski definition) is 2. The smallest absolute Gasteiger partial charge is 0.250 e. The molecule has 3 rings (SSSR count). The van der Waals surface area contributed by atoms with E-state index in [0.29, 0.717) is 17.8 Å². The van der Waals surface area contributed by atoms with Gasteiger partial charge in [0.05, 0.1) is 22.6 Å². The molecule has 0 aliphatic heterocycles. The standard InChI is InChI=1S/C17H17N5O.ClH/c1-2-22-14(13-8-9-20-17(19)21-13)10-12(16(18)23)15(22)11-6-4-3-5-7-11;/h3-10H,2H2,1H3,(H2,18,23)(H2,19,20,21);1H. The number of hydrogen-bond acceptors (Lipinski definition) is 4. The summed E-state index contributed by atoms with van der Waals surface area (Å²) >= 11 is 0. The maximum atomic E-state index is 11.9. The number of amides is 1. The van der Waals surface area contributed by atoms with Crippen molar-refractivity contribution < 1.29 is 4.79 Å². The maximum absolute atomic E-state index is 11.9. The fourth-order valence-corrected chi connectivity index (χ4v) is 2.70. The number of nitrogens with two attached hydrogens (primary N) is 2. The zero-order chi connectivity index (χ0) is 16.4. The van der Waals surface area contributed by atoms with Crippen molar-refractivity contribution in [2.24, 2.45) is 5.73 Å². The number of nitrogens with zero attached hydrogens (tertiary/aromatic N) is 3. The minimum absolute atomic E-state index is 0. The van der Waals surface area contributed by atoms with E-state index < -0.39 is 5.91 Å². The van der Waals surface area contributed by atoms with Gasteiger partial charge in [0.25, 0.3) is 5.91 Å². The van der Waals surface area contributed by atoms with Crippen molar-refractivity contribution >= 4 is 24.3 Å². The fourth-order valence-electron chi connectivity index (χ4n) is 2.70. The van der Waals surface area contributed by atoms with Crippen molar-refractivity contribution in [3.63, 3.8) is 0 Å². The Labute approximate surface area is 145 Å². The molecule has 0 aliphatic carbocycles. The van der Waals surface area contributed by atoms with Crippen molar-refractivity contribution in [3.8, 4) is 22.6 Å². The quantitative estimate of drug-likeness (QED) is 0.760. The van der Waals surface area contributed by atoms with E-state index in [2.05, 4.69) is 9.97 Å². The molecule has 0 saturated carbocycles. The average Bonchev–Trinajstić information content (AvgIpc) is 2.95. The van der Waals surface area contributed by atoms with Crippen LogP contribution in [-0.2, 0) is 6.54 Å². The lowest BCUT2D eigenvalue weighted by Gasteiger charge is -2.12. The summed E-state index contributed by atoms with van der Waals surface area (Å²) in [6.45, 7) is 2.67. The van der Waals surface area contributed by atoms with Crippen LogP contribution in [0.5, 0.6) is 0 Å². The molecule has 4 N–H and O–H groups in total. The summed E-state index contributed by atoms with van der Waals surface area (Å²) in [5, 5.41) is 0. The SMILES string of the molecule is CCn1c(-c2ccnc(N)n2)cc(C(N)=O)c1-c1ccccc1.Cl. The van der Waals surface area contributed by atoms with E-state index in [4.69, 9.17) is 11.5 Å². The molecule has 2 aromatic heterocycles. The van der Waals surface area contributed by atoms with E-state index in [-0.39, 0.29) is 18.4 Å². The third-order valence-corrected chi connectivity index (χ3v) is 3.66. The second-order valence-electron chi connectivity index (χ2n) is 5.07. The Kier molecular flexibility index (Phi) is 5.21. The summed E-state index contributed by atoms with van der Waals surface area (Å²) in [5.74, 6) is -0.285. The van der Waals surface area contributed by atoms with Crippen LogP contribution in [0.2, 0.25) is 0 Å². The highest BCUT2D eigenvalue weighted by molar-refractivity contribution is 6.01. The number of halogens is 1. The highest BCUT2D eigenvalue weighted by Gasteiger charge is 2.20. The molecule has 6 nitrogen and oxygen atoms in total. The van der Waals surface area contributed by atoms with Gasteiger partial charge >= 0.3 is 0 Å². The molecular weight excluding hydrogens is 326 g/mol. The van der Waals surface area contributed by atoms with Crippen LogP contribution < -0.4 is 11.5 Å². The van der Waals surface area contributed by atoms with Gasteiger partial charge in [-0.05, 0) is 24.6 Å². The van der Waals surface area contributed by atoms with Gasteiger partial charge in [0.1, 0.15) is 0 Å². The molecule has 0 fully saturated rings. The normalized spacial score (nSPS) is 10.2. The topological polar surface area (TPSA) is 99.8 Å². The van der Waals surface area contributed by atoms with Crippen molar-refractivity contribution in [2.45, 2.75) is 13.5 Å². The van der Waals surface area contributed by atoms with E-state index in [1.54, 1.807) is 18.3 Å². The molecule has 0 radical (unpaired) electrons. The minimum atomic E-state index is -0.473. The van der Waals surface area contributed by atoms with Crippen LogP contribution in [-0.4, -0.2) is 20.4 Å². The molecule has 0 spiro atoms. The van der Waals surface area contributed by atoms with Crippen LogP contribution in [0.4, 0.5) is 5.95 Å². The molecule has 7 heteroatoms. The van der Waals surface area contributed by atoms with E-state index in [9.17, 15) is 4.79 Å². The Morgan fingerprint density at radius 3 is 2.50 bits per heavy atom. The molecule has 0 bridgehead atoms. The molecule has 124 valence electrons. The third kappa shape index (κ3) is 3.09. The summed E-state index contributed by atoms with van der Waals surface area (Å²) in [7, 11) is 0. The predicted octanol–water partition coefficient (Wildman–Crippen LogP) is 2.73. The summed E-state index contributed by atoms with van der Waals surface area (Å²) in [5.41, 5.74) is 14.9. The monoisotopic (exact) mass is 343 g/mol. The number of carbonyl (C=O) groups is 1. The van der Waals surface area contributed by atoms with Crippen molar-refractivity contribution in [1.82, 2.24) is 14.5 Å². The minimum Gasteiger partial charge on any atom is -0.368 e. The van der Waals surface area contributed by atoms with Crippen LogP contribution in [0.25, 0.3) is 22.6 Å². The van der Waals surface area contributed by atoms with Gasteiger partial charge in [-0.25, -0.2) is 9.97 Å². The van der Waals surface area contributed by atoms with Gasteiger partial charge in [-0.1, -0.05) is 30.3 Å². The molecule has 2 heterocycles. The van der Waals surface area contributed by atoms with Crippen LogP contribution in [0.15, 0.2) is 48.7 Å². The molecule has 0 unspecified atom stereocenters. The van der Waals surface area contributed by atoms with Crippen LogP contribution in [0, 0.1) is 0 Å². The lowest BCUT2D eigenvalue weighted by Crippen LogP contribution is -2.12. The molecule has 1 aromatic carbocycles. The van der Waals surface area contributed by atoms with Crippen molar-refractivity contribution in [2.75, 3.05) is 5.73 Å². The Hall–Kier alpha value is -2.86. The lowest BCUT2D eigenvalue weighted by molar-refractivity contribution is 0.100. The zero-order valence-electron chi connectivity index (χ0n) is 13.1. The number of carbonyl (C=O) groups excluding carboxylic acids is 1. The number of aromatic nitrogens is 3. The Bertz CT molecular complexity index is 861. The van der Waals surface area contributed by atoms with E-state index >= 15 is 0 Å². The van der Waals surface area contributed by atoms with Gasteiger partial charge < -0.3 is 16.0 Å². The first-order chi connectivity index (χ1) is 11.1. The molecule has 0 saturated heterocycles. The zero-order valence-corrected chi connectivity index (χ0v) is 14.0. The summed E-state index contributed by atoms with van der Waals surface area (Å²) in [6, 6.07) is 13.2. The predicted molar refractivity (Wildman–Crippen MR) is 96.7 cm³/mol. The molecular formula is C17H18ClN5O. The first-order valence-electron chi connectivity index (χ1n) is 7.29. The maximum Gasteiger partial charge on any atom is 0.250 e. The van der Waals surface area contributed by atoms with Gasteiger partial charge in [0.2, 0.25) is 5.95 Å². The van der Waals surface area contributed by atoms with Crippen molar-refractivity contribution in [1.29, 1.82) is 0 Å². The molecule has 0 atom stereocenters. The summed E-state index contributed by atoms with van der Waals surface area (Å²) < 4.78 is 2.01. The van der Waals surface area contributed by atoms with Crippen molar-refractivity contribution in [3.05, 3.63) is 54.2 Å². The number of benzene rings is 1. The van der Waals surface area contributed by atoms with Gasteiger partial charge in [0.15, 0.2) is 0 Å². The van der Waals surface area contributed by atoms with E-state index in [1.165, 1.54) is 0 Å². The Morgan fingerprint density at radius 1 is 1.21 bits per heavy atom. The van der Waals surface area contributed by atoms with Crippen LogP contribution >= 0.6 is 12.4 Å². The second kappa shape index (κ2) is 7.14. The number of anilines is 1. The number of nitrogen functional groups attached to an aromatic ring is 1. The largest absolute Gasteiger partial charge is 0.368 e. The number of rotatable bonds is 4. The second-order valence-corrected chi connectivity index (χ2v) is 5.07. The lowest BCUT2D eigenvalue weighted by atomic mass is 10.1. The molecule has 3 aromatic rings. The highest BCUT2D eigenvalue weighted by Crippen LogP contribution is 2.32. The molecule has 1 amide bonds. The highest BCUT2D eigenvalue weighted by atomic mass is 35.5. The molecule has 24 heavy (non-hydrogen) atoms. The Morgan fingerprint density at radius 2 is 1.92 bits per heavy atom. The van der Waals surface area contributed by atoms with E-state index in [1.807, 2.05) is 41.8 Å².